The maximum absolute atomic E-state index is 6.31. The van der Waals surface area contributed by atoms with Crippen LogP contribution in [0.15, 0.2) is 12.1 Å². The van der Waals surface area contributed by atoms with Gasteiger partial charge < -0.3 is 14.8 Å². The highest BCUT2D eigenvalue weighted by Gasteiger charge is 2.16. The van der Waals surface area contributed by atoms with Gasteiger partial charge in [-0.15, -0.1) is 0 Å². The Kier molecular flexibility index (Phi) is 8.55. The zero-order chi connectivity index (χ0) is 15.7. The van der Waals surface area contributed by atoms with Gasteiger partial charge in [-0.25, -0.2) is 0 Å². The Morgan fingerprint density at radius 2 is 1.86 bits per heavy atom. The van der Waals surface area contributed by atoms with E-state index in [0.717, 1.165) is 18.5 Å². The highest BCUT2D eigenvalue weighted by atomic mass is 35.5. The van der Waals surface area contributed by atoms with Gasteiger partial charge in [0.25, 0.3) is 0 Å². The van der Waals surface area contributed by atoms with Gasteiger partial charge >= 0.3 is 0 Å². The van der Waals surface area contributed by atoms with Crippen LogP contribution in [-0.2, 0) is 0 Å². The first-order chi connectivity index (χ1) is 10.2. The van der Waals surface area contributed by atoms with Crippen LogP contribution in [0.2, 0.25) is 5.02 Å². The summed E-state index contributed by atoms with van der Waals surface area (Å²) in [4.78, 5) is 0. The Labute approximate surface area is 134 Å². The second kappa shape index (κ2) is 9.91. The van der Waals surface area contributed by atoms with Gasteiger partial charge in [0.05, 0.1) is 19.2 Å². The zero-order valence-electron chi connectivity index (χ0n) is 13.7. The fourth-order valence-electron chi connectivity index (χ4n) is 2.55. The third-order valence-electron chi connectivity index (χ3n) is 3.66. The van der Waals surface area contributed by atoms with Crippen molar-refractivity contribution in [2.75, 3.05) is 20.8 Å². The van der Waals surface area contributed by atoms with Gasteiger partial charge in [-0.05, 0) is 30.7 Å². The number of rotatable bonds is 10. The molecule has 1 unspecified atom stereocenters. The normalized spacial score (nSPS) is 12.2. The molecule has 0 heterocycles. The smallest absolute Gasteiger partial charge is 0.179 e. The van der Waals surface area contributed by atoms with Crippen molar-refractivity contribution in [1.82, 2.24) is 5.32 Å². The molecule has 0 saturated carbocycles. The van der Waals surface area contributed by atoms with E-state index in [9.17, 15) is 0 Å². The number of methoxy groups -OCH3 is 2. The minimum atomic E-state index is 0.309. The van der Waals surface area contributed by atoms with Crippen LogP contribution < -0.4 is 14.8 Å². The van der Waals surface area contributed by atoms with Gasteiger partial charge in [-0.1, -0.05) is 51.1 Å². The van der Waals surface area contributed by atoms with Crippen LogP contribution in [-0.4, -0.2) is 20.8 Å². The monoisotopic (exact) mass is 313 g/mol. The molecule has 0 aromatic heterocycles. The minimum absolute atomic E-state index is 0.309. The van der Waals surface area contributed by atoms with Gasteiger partial charge in [0.2, 0.25) is 0 Å². The standard InChI is InChI=1S/C17H28ClNO2/c1-5-7-8-9-10-15(19-6-2)13-11-14(18)17(21-4)16(12-13)20-3/h11-12,15,19H,5-10H2,1-4H3. The average Bonchev–Trinajstić information content (AvgIpc) is 2.49. The third kappa shape index (κ3) is 5.40. The lowest BCUT2D eigenvalue weighted by Gasteiger charge is -2.20. The van der Waals surface area contributed by atoms with Crippen molar-refractivity contribution in [1.29, 1.82) is 0 Å². The lowest BCUT2D eigenvalue weighted by Crippen LogP contribution is -2.21. The van der Waals surface area contributed by atoms with Crippen molar-refractivity contribution in [2.45, 2.75) is 52.0 Å². The summed E-state index contributed by atoms with van der Waals surface area (Å²) in [5.74, 6) is 1.29. The molecule has 21 heavy (non-hydrogen) atoms. The predicted molar refractivity (Wildman–Crippen MR) is 89.7 cm³/mol. The molecule has 0 radical (unpaired) electrons. The van der Waals surface area contributed by atoms with Crippen molar-refractivity contribution < 1.29 is 9.47 Å². The average molecular weight is 314 g/mol. The maximum atomic E-state index is 6.31. The van der Waals surface area contributed by atoms with E-state index in [1.165, 1.54) is 25.7 Å². The molecular formula is C17H28ClNO2. The summed E-state index contributed by atoms with van der Waals surface area (Å²) in [5, 5.41) is 4.14. The van der Waals surface area contributed by atoms with Crippen molar-refractivity contribution in [3.05, 3.63) is 22.7 Å². The van der Waals surface area contributed by atoms with Crippen molar-refractivity contribution in [3.63, 3.8) is 0 Å². The number of hydrogen-bond acceptors (Lipinski definition) is 3. The van der Waals surface area contributed by atoms with Gasteiger partial charge in [0, 0.05) is 6.04 Å². The van der Waals surface area contributed by atoms with Gasteiger partial charge in [0.1, 0.15) is 0 Å². The SMILES string of the molecule is CCCCCCC(NCC)c1cc(Cl)c(OC)c(OC)c1. The second-order valence-electron chi connectivity index (χ2n) is 5.20. The predicted octanol–water partition coefficient (Wildman–Crippen LogP) is 4.98. The van der Waals surface area contributed by atoms with Crippen molar-refractivity contribution >= 4 is 11.6 Å². The highest BCUT2D eigenvalue weighted by Crippen LogP contribution is 2.38. The molecule has 0 saturated heterocycles. The maximum Gasteiger partial charge on any atom is 0.179 e. The second-order valence-corrected chi connectivity index (χ2v) is 5.61. The van der Waals surface area contributed by atoms with E-state index >= 15 is 0 Å². The van der Waals surface area contributed by atoms with Gasteiger partial charge in [-0.3, -0.25) is 0 Å². The molecule has 1 rings (SSSR count). The summed E-state index contributed by atoms with van der Waals surface area (Å²) in [6, 6.07) is 4.32. The molecule has 0 amide bonds. The lowest BCUT2D eigenvalue weighted by atomic mass is 9.99. The van der Waals surface area contributed by atoms with Crippen LogP contribution in [0.3, 0.4) is 0 Å². The van der Waals surface area contributed by atoms with E-state index in [0.29, 0.717) is 22.6 Å². The Bertz CT molecular complexity index is 423. The molecular weight excluding hydrogens is 286 g/mol. The molecule has 1 aromatic carbocycles. The topological polar surface area (TPSA) is 30.5 Å². The van der Waals surface area contributed by atoms with E-state index in [2.05, 4.69) is 19.2 Å². The van der Waals surface area contributed by atoms with Crippen molar-refractivity contribution in [2.24, 2.45) is 0 Å². The Balaban J connectivity index is 2.88. The summed E-state index contributed by atoms with van der Waals surface area (Å²) in [6.45, 7) is 5.29. The molecule has 1 aromatic rings. The third-order valence-corrected chi connectivity index (χ3v) is 3.94. The van der Waals surface area contributed by atoms with Crippen LogP contribution in [0, 0.1) is 0 Å². The van der Waals surface area contributed by atoms with Crippen LogP contribution in [0.1, 0.15) is 57.6 Å². The minimum Gasteiger partial charge on any atom is -0.493 e. The lowest BCUT2D eigenvalue weighted by molar-refractivity contribution is 0.353. The van der Waals surface area contributed by atoms with Gasteiger partial charge in [-0.2, -0.15) is 0 Å². The molecule has 0 spiro atoms. The number of nitrogens with one attached hydrogen (secondary N) is 1. The molecule has 0 aliphatic rings. The fourth-order valence-corrected chi connectivity index (χ4v) is 2.84. The number of hydrogen-bond donors (Lipinski definition) is 1. The highest BCUT2D eigenvalue weighted by molar-refractivity contribution is 6.32. The van der Waals surface area contributed by atoms with Crippen LogP contribution in [0.25, 0.3) is 0 Å². The molecule has 0 aliphatic heterocycles. The fraction of sp³-hybridized carbons (Fsp3) is 0.647. The quantitative estimate of drug-likeness (QED) is 0.618. The molecule has 0 fully saturated rings. The largest absolute Gasteiger partial charge is 0.493 e. The molecule has 4 heteroatoms. The Morgan fingerprint density at radius 3 is 2.43 bits per heavy atom. The van der Waals surface area contributed by atoms with Gasteiger partial charge in [0.15, 0.2) is 11.5 Å². The summed E-state index contributed by atoms with van der Waals surface area (Å²) < 4.78 is 10.7. The number of unbranched alkanes of at least 4 members (excludes halogenated alkanes) is 3. The molecule has 120 valence electrons. The number of halogens is 1. The Hall–Kier alpha value is -0.930. The first-order valence-electron chi connectivity index (χ1n) is 7.82. The molecule has 1 atom stereocenters. The summed E-state index contributed by atoms with van der Waals surface area (Å²) in [6.07, 6.45) is 6.16. The Morgan fingerprint density at radius 1 is 1.10 bits per heavy atom. The molecule has 0 bridgehead atoms. The van der Waals surface area contributed by atoms with E-state index in [1.807, 2.05) is 12.1 Å². The summed E-state index contributed by atoms with van der Waals surface area (Å²) >= 11 is 6.31. The summed E-state index contributed by atoms with van der Waals surface area (Å²) in [7, 11) is 3.25. The molecule has 3 nitrogen and oxygen atoms in total. The number of ether oxygens (including phenoxy) is 2. The first-order valence-corrected chi connectivity index (χ1v) is 8.20. The van der Waals surface area contributed by atoms with E-state index in [4.69, 9.17) is 21.1 Å². The summed E-state index contributed by atoms with van der Waals surface area (Å²) in [5.41, 5.74) is 1.16. The van der Waals surface area contributed by atoms with E-state index in [-0.39, 0.29) is 0 Å². The molecule has 0 aliphatic carbocycles. The zero-order valence-corrected chi connectivity index (χ0v) is 14.4. The first kappa shape index (κ1) is 18.1. The van der Waals surface area contributed by atoms with Crippen LogP contribution in [0.5, 0.6) is 11.5 Å². The van der Waals surface area contributed by atoms with Crippen molar-refractivity contribution in [3.8, 4) is 11.5 Å². The van der Waals surface area contributed by atoms with Crippen LogP contribution >= 0.6 is 11.6 Å². The van der Waals surface area contributed by atoms with E-state index in [1.54, 1.807) is 14.2 Å². The van der Waals surface area contributed by atoms with E-state index < -0.39 is 0 Å². The number of benzene rings is 1. The molecule has 1 N–H and O–H groups in total. The van der Waals surface area contributed by atoms with Crippen LogP contribution in [0.4, 0.5) is 0 Å².